The zero-order valence-corrected chi connectivity index (χ0v) is 14.0. The number of aryl methyl sites for hydroxylation is 1. The van der Waals surface area contributed by atoms with Crippen molar-refractivity contribution in [3.8, 4) is 0 Å². The van der Waals surface area contributed by atoms with Gasteiger partial charge < -0.3 is 10.6 Å². The van der Waals surface area contributed by atoms with Gasteiger partial charge in [0.15, 0.2) is 0 Å². The summed E-state index contributed by atoms with van der Waals surface area (Å²) in [6.07, 6.45) is 2.12. The number of benzene rings is 1. The number of hydrogen-bond donors (Lipinski definition) is 2. The summed E-state index contributed by atoms with van der Waals surface area (Å²) >= 11 is 17.9. The summed E-state index contributed by atoms with van der Waals surface area (Å²) in [5.41, 5.74) is 2.17. The molecule has 0 saturated carbocycles. The third-order valence-corrected chi connectivity index (χ3v) is 3.51. The van der Waals surface area contributed by atoms with Crippen LogP contribution >= 0.6 is 34.8 Å². The number of rotatable bonds is 4. The van der Waals surface area contributed by atoms with Crippen molar-refractivity contribution in [2.45, 2.75) is 16.9 Å². The van der Waals surface area contributed by atoms with Gasteiger partial charge in [0.25, 0.3) is 5.91 Å². The van der Waals surface area contributed by atoms with Crippen LogP contribution in [0.1, 0.15) is 15.9 Å². The minimum Gasteiger partial charge on any atom is -0.362 e. The first-order chi connectivity index (χ1) is 10.4. The molecule has 2 N–H and O–H groups in total. The molecule has 0 aliphatic heterocycles. The first kappa shape index (κ1) is 16.9. The van der Waals surface area contributed by atoms with E-state index in [1.54, 1.807) is 18.3 Å². The smallest absolute Gasteiger partial charge is 0.254 e. The molecule has 1 heterocycles. The summed E-state index contributed by atoms with van der Waals surface area (Å²) < 4.78 is -1.72. The van der Waals surface area contributed by atoms with Crippen molar-refractivity contribution in [2.24, 2.45) is 0 Å². The molecule has 0 unspecified atom stereocenters. The molecule has 0 fully saturated rings. The van der Waals surface area contributed by atoms with Gasteiger partial charge in [-0.3, -0.25) is 9.78 Å². The number of hydrogen-bond acceptors (Lipinski definition) is 3. The molecule has 1 amide bonds. The largest absolute Gasteiger partial charge is 0.362 e. The fourth-order valence-corrected chi connectivity index (χ4v) is 2.14. The lowest BCUT2D eigenvalue weighted by molar-refractivity contribution is 0.0941. The number of nitrogens with zero attached hydrogens (tertiary/aromatic N) is 1. The van der Waals surface area contributed by atoms with E-state index in [0.717, 1.165) is 11.3 Å². The van der Waals surface area contributed by atoms with Crippen molar-refractivity contribution >= 4 is 46.4 Å². The Morgan fingerprint density at radius 3 is 2.59 bits per heavy atom. The van der Waals surface area contributed by atoms with Gasteiger partial charge in [-0.25, -0.2) is 0 Å². The minimum absolute atomic E-state index is 0.382. The molecule has 2 rings (SSSR count). The van der Waals surface area contributed by atoms with Gasteiger partial charge in [-0.2, -0.15) is 0 Å². The molecule has 2 aromatic rings. The number of alkyl halides is 3. The first-order valence-electron chi connectivity index (χ1n) is 6.47. The molecular weight excluding hydrogens is 345 g/mol. The van der Waals surface area contributed by atoms with Crippen LogP contribution in [0.4, 0.5) is 5.69 Å². The second-order valence-electron chi connectivity index (χ2n) is 4.70. The van der Waals surface area contributed by atoms with E-state index in [1.165, 1.54) is 6.20 Å². The van der Waals surface area contributed by atoms with Crippen molar-refractivity contribution in [1.82, 2.24) is 10.3 Å². The van der Waals surface area contributed by atoms with Gasteiger partial charge in [-0.1, -0.05) is 46.9 Å². The number of carbonyl (C=O) groups excluding carboxylic acids is 1. The van der Waals surface area contributed by atoms with Gasteiger partial charge in [-0.15, -0.1) is 0 Å². The molecule has 22 heavy (non-hydrogen) atoms. The Morgan fingerprint density at radius 1 is 1.23 bits per heavy atom. The van der Waals surface area contributed by atoms with Crippen LogP contribution in [0.2, 0.25) is 0 Å². The molecule has 7 heteroatoms. The standard InChI is InChI=1S/C15H14Cl3N3O/c1-10-4-2-6-12(8-10)20-14(15(16,17)18)21-13(22)11-5-3-7-19-9-11/h2-9,14,20H,1H3,(H,21,22)/t14-/m1/s1. The maximum absolute atomic E-state index is 12.2. The third kappa shape index (κ3) is 4.77. The minimum atomic E-state index is -1.72. The highest BCUT2D eigenvalue weighted by Crippen LogP contribution is 2.31. The number of anilines is 1. The molecule has 116 valence electrons. The normalized spacial score (nSPS) is 12.5. The quantitative estimate of drug-likeness (QED) is 0.643. The van der Waals surface area contributed by atoms with E-state index in [4.69, 9.17) is 34.8 Å². The maximum Gasteiger partial charge on any atom is 0.254 e. The molecule has 0 aliphatic rings. The zero-order valence-electron chi connectivity index (χ0n) is 11.7. The summed E-state index contributed by atoms with van der Waals surface area (Å²) in [4.78, 5) is 16.1. The lowest BCUT2D eigenvalue weighted by Crippen LogP contribution is -2.49. The molecule has 1 atom stereocenters. The van der Waals surface area contributed by atoms with Gasteiger partial charge in [-0.05, 0) is 36.8 Å². The van der Waals surface area contributed by atoms with Gasteiger partial charge in [0.2, 0.25) is 3.79 Å². The lowest BCUT2D eigenvalue weighted by atomic mass is 10.2. The van der Waals surface area contributed by atoms with E-state index in [1.807, 2.05) is 31.2 Å². The maximum atomic E-state index is 12.2. The van der Waals surface area contributed by atoms with E-state index in [-0.39, 0.29) is 5.91 Å². The highest BCUT2D eigenvalue weighted by atomic mass is 35.6. The van der Waals surface area contributed by atoms with E-state index in [2.05, 4.69) is 15.6 Å². The van der Waals surface area contributed by atoms with Crippen molar-refractivity contribution < 1.29 is 4.79 Å². The van der Waals surface area contributed by atoms with E-state index >= 15 is 0 Å². The Kier molecular flexibility index (Phi) is 5.51. The van der Waals surface area contributed by atoms with Gasteiger partial charge in [0, 0.05) is 18.1 Å². The monoisotopic (exact) mass is 357 g/mol. The second-order valence-corrected chi connectivity index (χ2v) is 7.07. The van der Waals surface area contributed by atoms with Crippen molar-refractivity contribution in [1.29, 1.82) is 0 Å². The SMILES string of the molecule is Cc1cccc(N[C@H](NC(=O)c2cccnc2)C(Cl)(Cl)Cl)c1. The molecule has 0 aliphatic carbocycles. The Bertz CT molecular complexity index is 644. The Labute approximate surface area is 143 Å². The van der Waals surface area contributed by atoms with Crippen LogP contribution in [-0.4, -0.2) is 20.8 Å². The molecule has 1 aromatic carbocycles. The number of halogens is 3. The molecule has 1 aromatic heterocycles. The van der Waals surface area contributed by atoms with Crippen molar-refractivity contribution in [2.75, 3.05) is 5.32 Å². The lowest BCUT2D eigenvalue weighted by Gasteiger charge is -2.27. The Morgan fingerprint density at radius 2 is 2.00 bits per heavy atom. The first-order valence-corrected chi connectivity index (χ1v) is 7.60. The third-order valence-electron chi connectivity index (χ3n) is 2.86. The zero-order chi connectivity index (χ0) is 16.2. The highest BCUT2D eigenvalue weighted by molar-refractivity contribution is 6.68. The van der Waals surface area contributed by atoms with E-state index in [9.17, 15) is 4.79 Å². The van der Waals surface area contributed by atoms with Crippen LogP contribution < -0.4 is 10.6 Å². The van der Waals surface area contributed by atoms with Gasteiger partial charge in [0.1, 0.15) is 6.17 Å². The molecular formula is C15H14Cl3N3O. The van der Waals surface area contributed by atoms with E-state index in [0.29, 0.717) is 5.56 Å². The molecule has 4 nitrogen and oxygen atoms in total. The molecule has 0 bridgehead atoms. The second kappa shape index (κ2) is 7.18. The summed E-state index contributed by atoms with van der Waals surface area (Å²) in [6, 6.07) is 10.8. The fourth-order valence-electron chi connectivity index (χ4n) is 1.81. The molecule has 0 spiro atoms. The average Bonchev–Trinajstić information content (AvgIpc) is 2.46. The predicted octanol–water partition coefficient (Wildman–Crippen LogP) is 3.93. The van der Waals surface area contributed by atoms with Crippen LogP contribution in [0.25, 0.3) is 0 Å². The number of nitrogens with one attached hydrogen (secondary N) is 2. The van der Waals surface area contributed by atoms with Crippen molar-refractivity contribution in [3.05, 3.63) is 59.9 Å². The molecule has 0 saturated heterocycles. The Balaban J connectivity index is 2.15. The summed E-state index contributed by atoms with van der Waals surface area (Å²) in [5.74, 6) is -0.385. The summed E-state index contributed by atoms with van der Waals surface area (Å²) in [7, 11) is 0. The van der Waals surface area contributed by atoms with Gasteiger partial charge >= 0.3 is 0 Å². The van der Waals surface area contributed by atoms with Crippen LogP contribution in [0.3, 0.4) is 0 Å². The number of amides is 1. The highest BCUT2D eigenvalue weighted by Gasteiger charge is 2.34. The Hall–Kier alpha value is -1.49. The average molecular weight is 359 g/mol. The van der Waals surface area contributed by atoms with Crippen LogP contribution in [-0.2, 0) is 0 Å². The number of aromatic nitrogens is 1. The summed E-state index contributed by atoms with van der Waals surface area (Å²) in [6.45, 7) is 1.95. The fraction of sp³-hybridized carbons (Fsp3) is 0.200. The number of pyridine rings is 1. The number of carbonyl (C=O) groups is 1. The van der Waals surface area contributed by atoms with Crippen LogP contribution in [0.5, 0.6) is 0 Å². The van der Waals surface area contributed by atoms with Gasteiger partial charge in [0.05, 0.1) is 5.56 Å². The predicted molar refractivity (Wildman–Crippen MR) is 90.6 cm³/mol. The summed E-state index contributed by atoms with van der Waals surface area (Å²) in [5, 5.41) is 5.67. The molecule has 0 radical (unpaired) electrons. The van der Waals surface area contributed by atoms with Crippen LogP contribution in [0.15, 0.2) is 48.8 Å². The topological polar surface area (TPSA) is 54.0 Å². The van der Waals surface area contributed by atoms with Crippen LogP contribution in [0, 0.1) is 6.92 Å². The van der Waals surface area contributed by atoms with Crippen molar-refractivity contribution in [3.63, 3.8) is 0 Å². The van der Waals surface area contributed by atoms with E-state index < -0.39 is 9.96 Å².